The van der Waals surface area contributed by atoms with Gasteiger partial charge in [0.25, 0.3) is 0 Å². The van der Waals surface area contributed by atoms with E-state index in [0.717, 1.165) is 16.6 Å². The van der Waals surface area contributed by atoms with Crippen LogP contribution in [0.2, 0.25) is 0 Å². The first kappa shape index (κ1) is 18.4. The molecule has 0 fully saturated rings. The summed E-state index contributed by atoms with van der Waals surface area (Å²) in [6, 6.07) is 5.73. The van der Waals surface area contributed by atoms with Crippen molar-refractivity contribution in [1.29, 1.82) is 0 Å². The van der Waals surface area contributed by atoms with Gasteiger partial charge in [0.05, 0.1) is 0 Å². The van der Waals surface area contributed by atoms with E-state index < -0.39 is 0 Å². The van der Waals surface area contributed by atoms with E-state index in [1.807, 2.05) is 52.8 Å². The predicted octanol–water partition coefficient (Wildman–Crippen LogP) is 3.30. The molecular formula is C17H26BNO. The quantitative estimate of drug-likeness (QED) is 0.501. The molecule has 0 amide bonds. The Kier molecular flexibility index (Phi) is 7.82. The van der Waals surface area contributed by atoms with Crippen LogP contribution < -0.4 is 11.2 Å². The first-order valence-corrected chi connectivity index (χ1v) is 7.04. The fourth-order valence-electron chi connectivity index (χ4n) is 1.83. The molecule has 0 spiro atoms. The maximum atomic E-state index is 9.68. The predicted molar refractivity (Wildman–Crippen MR) is 89.4 cm³/mol. The second-order valence-electron chi connectivity index (χ2n) is 4.90. The Morgan fingerprint density at radius 3 is 2.30 bits per heavy atom. The summed E-state index contributed by atoms with van der Waals surface area (Å²) in [5.74, 6) is 0.218. The molecule has 0 atom stereocenters. The van der Waals surface area contributed by atoms with Gasteiger partial charge in [0.1, 0.15) is 13.6 Å². The molecule has 0 aromatic heterocycles. The lowest BCUT2D eigenvalue weighted by Gasteiger charge is -2.15. The molecule has 1 aromatic carbocycles. The summed E-state index contributed by atoms with van der Waals surface area (Å²) in [6.45, 7) is 13.6. The summed E-state index contributed by atoms with van der Waals surface area (Å²) in [5, 5.41) is 9.68. The van der Waals surface area contributed by atoms with Crippen LogP contribution in [0.1, 0.15) is 38.8 Å². The molecule has 1 rings (SSSR count). The van der Waals surface area contributed by atoms with E-state index in [1.54, 1.807) is 0 Å². The Bertz CT molecular complexity index is 490. The minimum atomic E-state index is 0.0393. The van der Waals surface area contributed by atoms with Gasteiger partial charge in [0.15, 0.2) is 0 Å². The van der Waals surface area contributed by atoms with Crippen LogP contribution in [0.4, 0.5) is 0 Å². The third kappa shape index (κ3) is 5.16. The molecule has 0 aliphatic heterocycles. The monoisotopic (exact) mass is 271 g/mol. The molecule has 3 heteroatoms. The van der Waals surface area contributed by atoms with Crippen molar-refractivity contribution in [3.63, 3.8) is 0 Å². The summed E-state index contributed by atoms with van der Waals surface area (Å²) >= 11 is 0. The van der Waals surface area contributed by atoms with Crippen molar-refractivity contribution >= 4 is 13.3 Å². The average molecular weight is 271 g/mol. The van der Waals surface area contributed by atoms with Crippen LogP contribution in [0.15, 0.2) is 41.8 Å². The Balaban J connectivity index is 0.00000172. The van der Waals surface area contributed by atoms with Crippen LogP contribution in [0, 0.1) is 12.8 Å². The van der Waals surface area contributed by atoms with E-state index >= 15 is 0 Å². The van der Waals surface area contributed by atoms with Gasteiger partial charge < -0.3 is 10.8 Å². The Morgan fingerprint density at radius 2 is 1.90 bits per heavy atom. The van der Waals surface area contributed by atoms with Crippen molar-refractivity contribution in [2.24, 2.45) is 11.7 Å². The molecule has 0 saturated heterocycles. The summed E-state index contributed by atoms with van der Waals surface area (Å²) in [5.41, 5.74) is 10.3. The minimum Gasteiger partial charge on any atom is -0.508 e. The van der Waals surface area contributed by atoms with E-state index in [1.165, 1.54) is 0 Å². The van der Waals surface area contributed by atoms with Crippen LogP contribution in [-0.2, 0) is 6.42 Å². The molecule has 2 nitrogen and oxygen atoms in total. The first-order chi connectivity index (χ1) is 9.32. The van der Waals surface area contributed by atoms with Gasteiger partial charge >= 0.3 is 0 Å². The van der Waals surface area contributed by atoms with Gasteiger partial charge in [-0.25, -0.2) is 0 Å². The molecule has 0 heterocycles. The SMILES string of the molecule is CC.[B]c1ccc(C/C(C(=C)O)=C(/N)C(C)C)c(C)c1. The number of benzene rings is 1. The molecule has 20 heavy (non-hydrogen) atoms. The lowest BCUT2D eigenvalue weighted by molar-refractivity contribution is 0.420. The van der Waals surface area contributed by atoms with Gasteiger partial charge in [-0.05, 0) is 24.0 Å². The second kappa shape index (κ2) is 8.52. The maximum absolute atomic E-state index is 9.68. The highest BCUT2D eigenvalue weighted by Crippen LogP contribution is 2.21. The van der Waals surface area contributed by atoms with E-state index in [2.05, 4.69) is 6.58 Å². The summed E-state index contributed by atoms with van der Waals surface area (Å²) in [7, 11) is 5.72. The smallest absolute Gasteiger partial charge is 0.113 e. The maximum Gasteiger partial charge on any atom is 0.113 e. The third-order valence-corrected chi connectivity index (χ3v) is 3.05. The van der Waals surface area contributed by atoms with Crippen molar-refractivity contribution in [3.8, 4) is 0 Å². The van der Waals surface area contributed by atoms with Crippen LogP contribution in [0.25, 0.3) is 0 Å². The third-order valence-electron chi connectivity index (χ3n) is 3.05. The Hall–Kier alpha value is -1.64. The number of rotatable bonds is 4. The van der Waals surface area contributed by atoms with Gasteiger partial charge in [0, 0.05) is 17.7 Å². The zero-order valence-electron chi connectivity index (χ0n) is 13.3. The number of nitrogens with two attached hydrogens (primary N) is 1. The molecule has 0 aliphatic carbocycles. The number of allylic oxidation sites excluding steroid dienone is 2. The minimum absolute atomic E-state index is 0.0393. The molecule has 0 unspecified atom stereocenters. The number of hydrogen-bond donors (Lipinski definition) is 2. The highest BCUT2D eigenvalue weighted by molar-refractivity contribution is 6.32. The van der Waals surface area contributed by atoms with Gasteiger partial charge in [-0.2, -0.15) is 0 Å². The molecule has 2 radical (unpaired) electrons. The topological polar surface area (TPSA) is 46.2 Å². The first-order valence-electron chi connectivity index (χ1n) is 7.04. The Morgan fingerprint density at radius 1 is 1.35 bits per heavy atom. The van der Waals surface area contributed by atoms with Crippen LogP contribution in [0.5, 0.6) is 0 Å². The number of aliphatic hydroxyl groups is 1. The summed E-state index contributed by atoms with van der Waals surface area (Å²) in [6.07, 6.45) is 0.575. The molecule has 0 aliphatic rings. The highest BCUT2D eigenvalue weighted by atomic mass is 16.3. The summed E-state index contributed by atoms with van der Waals surface area (Å²) < 4.78 is 0. The summed E-state index contributed by atoms with van der Waals surface area (Å²) in [4.78, 5) is 0. The fraction of sp³-hybridized carbons (Fsp3) is 0.412. The molecule has 108 valence electrons. The van der Waals surface area contributed by atoms with Crippen LogP contribution in [0.3, 0.4) is 0 Å². The molecule has 3 N–H and O–H groups in total. The van der Waals surface area contributed by atoms with E-state index in [4.69, 9.17) is 13.6 Å². The molecule has 1 aromatic rings. The van der Waals surface area contributed by atoms with Crippen molar-refractivity contribution in [1.82, 2.24) is 0 Å². The van der Waals surface area contributed by atoms with E-state index in [-0.39, 0.29) is 11.7 Å². The fourth-order valence-corrected chi connectivity index (χ4v) is 1.83. The number of aryl methyl sites for hydroxylation is 1. The molecule has 0 bridgehead atoms. The zero-order chi connectivity index (χ0) is 15.9. The van der Waals surface area contributed by atoms with Crippen molar-refractivity contribution < 1.29 is 5.11 Å². The lowest BCUT2D eigenvalue weighted by atomic mass is 9.89. The van der Waals surface area contributed by atoms with Gasteiger partial charge in [0.2, 0.25) is 0 Å². The Labute approximate surface area is 124 Å². The van der Waals surface area contributed by atoms with Crippen LogP contribution >= 0.6 is 0 Å². The molecule has 0 saturated carbocycles. The zero-order valence-corrected chi connectivity index (χ0v) is 13.3. The average Bonchev–Trinajstić information content (AvgIpc) is 2.39. The van der Waals surface area contributed by atoms with Gasteiger partial charge in [-0.15, -0.1) is 0 Å². The van der Waals surface area contributed by atoms with E-state index in [0.29, 0.717) is 17.7 Å². The van der Waals surface area contributed by atoms with Gasteiger partial charge in [-0.1, -0.05) is 57.9 Å². The number of aliphatic hydroxyl groups excluding tert-OH is 1. The van der Waals surface area contributed by atoms with Crippen molar-refractivity contribution in [2.75, 3.05) is 0 Å². The highest BCUT2D eigenvalue weighted by Gasteiger charge is 2.12. The lowest BCUT2D eigenvalue weighted by Crippen LogP contribution is -2.13. The normalized spacial score (nSPS) is 11.5. The number of hydrogen-bond acceptors (Lipinski definition) is 2. The molecular weight excluding hydrogens is 245 g/mol. The standard InChI is InChI=1S/C15H20BNO.C2H6/c1-9(2)15(17)14(11(4)18)8-12-5-6-13(16)7-10(12)3;1-2/h5-7,9,18H,4,8,17H2,1-3H3;1-2H3/b15-14-;. The largest absolute Gasteiger partial charge is 0.508 e. The van der Waals surface area contributed by atoms with Gasteiger partial charge in [-0.3, -0.25) is 0 Å². The van der Waals surface area contributed by atoms with E-state index in [9.17, 15) is 5.11 Å². The van der Waals surface area contributed by atoms with Crippen molar-refractivity contribution in [2.45, 2.75) is 41.0 Å². The van der Waals surface area contributed by atoms with Crippen molar-refractivity contribution in [3.05, 3.63) is 52.9 Å². The second-order valence-corrected chi connectivity index (χ2v) is 4.90. The van der Waals surface area contributed by atoms with Crippen LogP contribution in [-0.4, -0.2) is 13.0 Å².